The largest absolute Gasteiger partial charge is 0.504 e. The monoisotopic (exact) mass is 264 g/mol. The predicted octanol–water partition coefficient (Wildman–Crippen LogP) is 0.754. The molecule has 1 aromatic rings. The van der Waals surface area contributed by atoms with E-state index < -0.39 is 0 Å². The lowest BCUT2D eigenvalue weighted by atomic mass is 9.99. The number of phenols is 2. The third-order valence-electron chi connectivity index (χ3n) is 3.44. The third-order valence-corrected chi connectivity index (χ3v) is 3.44. The van der Waals surface area contributed by atoms with E-state index in [4.69, 9.17) is 0 Å². The van der Waals surface area contributed by atoms with Crippen LogP contribution < -0.4 is 10.6 Å². The Morgan fingerprint density at radius 3 is 2.89 bits per heavy atom. The van der Waals surface area contributed by atoms with Gasteiger partial charge >= 0.3 is 0 Å². The molecule has 1 aliphatic heterocycles. The molecule has 2 unspecified atom stereocenters. The van der Waals surface area contributed by atoms with Gasteiger partial charge in [-0.25, -0.2) is 0 Å². The lowest BCUT2D eigenvalue weighted by Gasteiger charge is -2.16. The smallest absolute Gasteiger partial charge is 0.223 e. The Hall–Kier alpha value is -1.75. The van der Waals surface area contributed by atoms with Gasteiger partial charge in [-0.05, 0) is 37.1 Å². The lowest BCUT2D eigenvalue weighted by Crippen LogP contribution is -2.39. The van der Waals surface area contributed by atoms with Gasteiger partial charge in [0.2, 0.25) is 5.91 Å². The van der Waals surface area contributed by atoms with E-state index in [0.717, 1.165) is 25.1 Å². The fourth-order valence-corrected chi connectivity index (χ4v) is 2.26. The summed E-state index contributed by atoms with van der Waals surface area (Å²) in [4.78, 5) is 12.0. The van der Waals surface area contributed by atoms with Crippen molar-refractivity contribution in [1.29, 1.82) is 0 Å². The van der Waals surface area contributed by atoms with E-state index in [1.165, 1.54) is 12.1 Å². The number of carbonyl (C=O) groups excluding carboxylic acids is 1. The Labute approximate surface area is 112 Å². The minimum Gasteiger partial charge on any atom is -0.504 e. The minimum atomic E-state index is -0.162. The summed E-state index contributed by atoms with van der Waals surface area (Å²) < 4.78 is 0. The van der Waals surface area contributed by atoms with Crippen molar-refractivity contribution in [3.63, 3.8) is 0 Å². The zero-order chi connectivity index (χ0) is 13.8. The number of hydrogen-bond acceptors (Lipinski definition) is 4. The SMILES string of the molecule is CC(Cc1ccc(O)c(O)c1)C(=O)NC1CCNC1. The Morgan fingerprint density at radius 2 is 2.26 bits per heavy atom. The highest BCUT2D eigenvalue weighted by atomic mass is 16.3. The van der Waals surface area contributed by atoms with Crippen LogP contribution in [0.2, 0.25) is 0 Å². The summed E-state index contributed by atoms with van der Waals surface area (Å²) in [5.74, 6) is -0.422. The van der Waals surface area contributed by atoms with Crippen LogP contribution in [0.3, 0.4) is 0 Å². The highest BCUT2D eigenvalue weighted by Gasteiger charge is 2.20. The van der Waals surface area contributed by atoms with E-state index in [1.807, 2.05) is 6.92 Å². The highest BCUT2D eigenvalue weighted by molar-refractivity contribution is 5.79. The van der Waals surface area contributed by atoms with Crippen LogP contribution in [0.25, 0.3) is 0 Å². The summed E-state index contributed by atoms with van der Waals surface area (Å²) in [6.45, 7) is 3.64. The number of hydrogen-bond donors (Lipinski definition) is 4. The molecule has 2 rings (SSSR count). The topological polar surface area (TPSA) is 81.6 Å². The molecule has 1 saturated heterocycles. The summed E-state index contributed by atoms with van der Waals surface area (Å²) >= 11 is 0. The number of nitrogens with one attached hydrogen (secondary N) is 2. The van der Waals surface area contributed by atoms with Gasteiger partial charge in [-0.2, -0.15) is 0 Å². The zero-order valence-corrected chi connectivity index (χ0v) is 11.0. The van der Waals surface area contributed by atoms with Gasteiger partial charge in [0.1, 0.15) is 0 Å². The van der Waals surface area contributed by atoms with Crippen molar-refractivity contribution < 1.29 is 15.0 Å². The van der Waals surface area contributed by atoms with Gasteiger partial charge in [-0.15, -0.1) is 0 Å². The fourth-order valence-electron chi connectivity index (χ4n) is 2.26. The predicted molar refractivity (Wildman–Crippen MR) is 72.1 cm³/mol. The van der Waals surface area contributed by atoms with E-state index >= 15 is 0 Å². The average molecular weight is 264 g/mol. The minimum absolute atomic E-state index is 0.0289. The molecular weight excluding hydrogens is 244 g/mol. The molecule has 5 heteroatoms. The molecule has 1 aliphatic rings. The molecule has 1 aromatic carbocycles. The molecule has 1 amide bonds. The Morgan fingerprint density at radius 1 is 1.47 bits per heavy atom. The first-order valence-electron chi connectivity index (χ1n) is 6.58. The molecular formula is C14H20N2O3. The van der Waals surface area contributed by atoms with Gasteiger partial charge in [-0.1, -0.05) is 13.0 Å². The first kappa shape index (κ1) is 13.7. The van der Waals surface area contributed by atoms with Crippen molar-refractivity contribution in [3.05, 3.63) is 23.8 Å². The second-order valence-electron chi connectivity index (χ2n) is 5.13. The maximum Gasteiger partial charge on any atom is 0.223 e. The van der Waals surface area contributed by atoms with Gasteiger partial charge in [0.15, 0.2) is 11.5 Å². The average Bonchev–Trinajstić information content (AvgIpc) is 2.86. The molecule has 104 valence electrons. The second-order valence-corrected chi connectivity index (χ2v) is 5.13. The van der Waals surface area contributed by atoms with Crippen molar-refractivity contribution >= 4 is 5.91 Å². The molecule has 0 aromatic heterocycles. The van der Waals surface area contributed by atoms with Gasteiger partial charge in [0.05, 0.1) is 0 Å². The van der Waals surface area contributed by atoms with Crippen LogP contribution in [-0.4, -0.2) is 35.3 Å². The molecule has 5 nitrogen and oxygen atoms in total. The first-order chi connectivity index (χ1) is 9.06. The third kappa shape index (κ3) is 3.61. The Bertz CT molecular complexity index is 456. The Kier molecular flexibility index (Phi) is 4.27. The van der Waals surface area contributed by atoms with Gasteiger partial charge < -0.3 is 20.8 Å². The van der Waals surface area contributed by atoms with Crippen molar-refractivity contribution in [1.82, 2.24) is 10.6 Å². The summed E-state index contributed by atoms with van der Waals surface area (Å²) in [5, 5.41) is 24.9. The highest BCUT2D eigenvalue weighted by Crippen LogP contribution is 2.26. The summed E-state index contributed by atoms with van der Waals surface area (Å²) in [7, 11) is 0. The van der Waals surface area contributed by atoms with Crippen LogP contribution in [0.15, 0.2) is 18.2 Å². The first-order valence-corrected chi connectivity index (χ1v) is 6.58. The maximum absolute atomic E-state index is 12.0. The number of carbonyl (C=O) groups is 1. The molecule has 1 heterocycles. The van der Waals surface area contributed by atoms with Crippen LogP contribution in [-0.2, 0) is 11.2 Å². The van der Waals surface area contributed by atoms with Crippen LogP contribution in [0.5, 0.6) is 11.5 Å². The summed E-state index contributed by atoms with van der Waals surface area (Å²) in [5.41, 5.74) is 0.836. The van der Waals surface area contributed by atoms with Crippen molar-refractivity contribution in [2.75, 3.05) is 13.1 Å². The molecule has 0 spiro atoms. The lowest BCUT2D eigenvalue weighted by molar-refractivity contribution is -0.125. The number of aromatic hydroxyl groups is 2. The van der Waals surface area contributed by atoms with E-state index in [2.05, 4.69) is 10.6 Å². The zero-order valence-electron chi connectivity index (χ0n) is 11.0. The van der Waals surface area contributed by atoms with Gasteiger partial charge in [0.25, 0.3) is 0 Å². The van der Waals surface area contributed by atoms with Crippen molar-refractivity contribution in [2.24, 2.45) is 5.92 Å². The molecule has 1 fully saturated rings. The molecule has 0 bridgehead atoms. The normalized spacial score (nSPS) is 20.2. The van der Waals surface area contributed by atoms with E-state index in [9.17, 15) is 15.0 Å². The standard InChI is InChI=1S/C14H20N2O3/c1-9(14(19)16-11-4-5-15-8-11)6-10-2-3-12(17)13(18)7-10/h2-3,7,9,11,15,17-18H,4-6,8H2,1H3,(H,16,19). The summed E-state index contributed by atoms with van der Waals surface area (Å²) in [6.07, 6.45) is 1.51. The number of rotatable bonds is 4. The molecule has 19 heavy (non-hydrogen) atoms. The second kappa shape index (κ2) is 5.93. The molecule has 0 saturated carbocycles. The van der Waals surface area contributed by atoms with Crippen molar-refractivity contribution in [2.45, 2.75) is 25.8 Å². The molecule has 2 atom stereocenters. The molecule has 4 N–H and O–H groups in total. The van der Waals surface area contributed by atoms with Crippen molar-refractivity contribution in [3.8, 4) is 11.5 Å². The number of phenolic OH excluding ortho intramolecular Hbond substituents is 2. The number of amides is 1. The maximum atomic E-state index is 12.0. The van der Waals surface area contributed by atoms with E-state index in [-0.39, 0.29) is 29.4 Å². The quantitative estimate of drug-likeness (QED) is 0.605. The summed E-state index contributed by atoms with van der Waals surface area (Å²) in [6, 6.07) is 4.88. The van der Waals surface area contributed by atoms with Crippen LogP contribution in [0.4, 0.5) is 0 Å². The number of benzene rings is 1. The van der Waals surface area contributed by atoms with Gasteiger partial charge in [0, 0.05) is 18.5 Å². The van der Waals surface area contributed by atoms with E-state index in [1.54, 1.807) is 6.07 Å². The van der Waals surface area contributed by atoms with Gasteiger partial charge in [-0.3, -0.25) is 4.79 Å². The molecule has 0 aliphatic carbocycles. The van der Waals surface area contributed by atoms with Crippen LogP contribution in [0.1, 0.15) is 18.9 Å². The fraction of sp³-hybridized carbons (Fsp3) is 0.500. The van der Waals surface area contributed by atoms with E-state index in [0.29, 0.717) is 6.42 Å². The molecule has 0 radical (unpaired) electrons. The van der Waals surface area contributed by atoms with Crippen LogP contribution >= 0.6 is 0 Å². The van der Waals surface area contributed by atoms with Crippen LogP contribution in [0, 0.1) is 5.92 Å². The Balaban J connectivity index is 1.90.